The van der Waals surface area contributed by atoms with Gasteiger partial charge in [0.25, 0.3) is 0 Å². The van der Waals surface area contributed by atoms with Crippen LogP contribution in [0.1, 0.15) is 19.8 Å². The van der Waals surface area contributed by atoms with Crippen molar-refractivity contribution in [2.75, 3.05) is 31.7 Å². The molecule has 2 aromatic rings. The van der Waals surface area contributed by atoms with Crippen molar-refractivity contribution in [1.29, 1.82) is 0 Å². The van der Waals surface area contributed by atoms with Crippen LogP contribution in [0.4, 0.5) is 10.5 Å². The lowest BCUT2D eigenvalue weighted by molar-refractivity contribution is 0.101. The molecule has 0 saturated heterocycles. The van der Waals surface area contributed by atoms with Crippen LogP contribution in [0.15, 0.2) is 54.6 Å². The third kappa shape index (κ3) is 6.37. The Balaban J connectivity index is 1.80. The van der Waals surface area contributed by atoms with Crippen molar-refractivity contribution < 1.29 is 19.0 Å². The SMILES string of the molecule is CCCCN(CCOC(=O)Oc1ccc(OC)cc1)c1ccccc1. The van der Waals surface area contributed by atoms with E-state index in [1.54, 1.807) is 31.4 Å². The topological polar surface area (TPSA) is 48.0 Å². The predicted molar refractivity (Wildman–Crippen MR) is 98.5 cm³/mol. The van der Waals surface area contributed by atoms with E-state index in [0.29, 0.717) is 18.0 Å². The summed E-state index contributed by atoms with van der Waals surface area (Å²) >= 11 is 0. The first-order chi connectivity index (χ1) is 12.2. The second-order valence-electron chi connectivity index (χ2n) is 5.55. The molecule has 0 N–H and O–H groups in total. The number of hydrogen-bond acceptors (Lipinski definition) is 5. The summed E-state index contributed by atoms with van der Waals surface area (Å²) in [6.07, 6.45) is 1.50. The van der Waals surface area contributed by atoms with Crippen LogP contribution < -0.4 is 14.4 Å². The van der Waals surface area contributed by atoms with Gasteiger partial charge in [-0.2, -0.15) is 0 Å². The minimum atomic E-state index is -0.700. The molecule has 25 heavy (non-hydrogen) atoms. The van der Waals surface area contributed by atoms with Crippen molar-refractivity contribution in [2.45, 2.75) is 19.8 Å². The summed E-state index contributed by atoms with van der Waals surface area (Å²) in [5.74, 6) is 1.13. The van der Waals surface area contributed by atoms with Crippen molar-refractivity contribution in [3.8, 4) is 11.5 Å². The van der Waals surface area contributed by atoms with Crippen molar-refractivity contribution in [1.82, 2.24) is 0 Å². The van der Waals surface area contributed by atoms with E-state index in [1.165, 1.54) is 0 Å². The van der Waals surface area contributed by atoms with Gasteiger partial charge in [0.05, 0.1) is 13.7 Å². The van der Waals surface area contributed by atoms with E-state index in [-0.39, 0.29) is 6.61 Å². The second-order valence-corrected chi connectivity index (χ2v) is 5.55. The van der Waals surface area contributed by atoms with Gasteiger partial charge in [-0.1, -0.05) is 31.5 Å². The molecule has 2 rings (SSSR count). The minimum Gasteiger partial charge on any atom is -0.497 e. The lowest BCUT2D eigenvalue weighted by atomic mass is 10.2. The van der Waals surface area contributed by atoms with Crippen LogP contribution in [0.3, 0.4) is 0 Å². The Labute approximate surface area is 149 Å². The summed E-state index contributed by atoms with van der Waals surface area (Å²) in [5.41, 5.74) is 1.13. The number of hydrogen-bond donors (Lipinski definition) is 0. The maximum atomic E-state index is 11.8. The highest BCUT2D eigenvalue weighted by atomic mass is 16.7. The van der Waals surface area contributed by atoms with E-state index in [0.717, 1.165) is 25.1 Å². The molecular weight excluding hydrogens is 318 g/mol. The summed E-state index contributed by atoms with van der Waals surface area (Å²) in [4.78, 5) is 14.0. The summed E-state index contributed by atoms with van der Waals surface area (Å²) in [6.45, 7) is 3.98. The Hall–Kier alpha value is -2.69. The lowest BCUT2D eigenvalue weighted by Crippen LogP contribution is -2.29. The molecule has 2 aromatic carbocycles. The molecular formula is C20H25NO4. The third-order valence-corrected chi connectivity index (χ3v) is 3.74. The molecule has 0 heterocycles. The number of ether oxygens (including phenoxy) is 3. The van der Waals surface area contributed by atoms with E-state index in [9.17, 15) is 4.79 Å². The fourth-order valence-electron chi connectivity index (χ4n) is 2.37. The molecule has 0 aliphatic heterocycles. The maximum absolute atomic E-state index is 11.8. The summed E-state index contributed by atoms with van der Waals surface area (Å²) < 4.78 is 15.4. The average molecular weight is 343 g/mol. The zero-order chi connectivity index (χ0) is 17.9. The summed E-state index contributed by atoms with van der Waals surface area (Å²) in [5, 5.41) is 0. The van der Waals surface area contributed by atoms with Gasteiger partial charge >= 0.3 is 6.16 Å². The number of para-hydroxylation sites is 1. The Bertz CT molecular complexity index is 628. The van der Waals surface area contributed by atoms with Crippen LogP contribution in [0, 0.1) is 0 Å². The minimum absolute atomic E-state index is 0.271. The number of carbonyl (C=O) groups is 1. The standard InChI is InChI=1S/C20H25NO4/c1-3-4-14-21(17-8-6-5-7-9-17)15-16-24-20(22)25-19-12-10-18(23-2)11-13-19/h5-13H,3-4,14-16H2,1-2H3. The largest absolute Gasteiger partial charge is 0.513 e. The molecule has 0 aromatic heterocycles. The molecule has 5 nitrogen and oxygen atoms in total. The van der Waals surface area contributed by atoms with Crippen molar-refractivity contribution in [3.05, 3.63) is 54.6 Å². The van der Waals surface area contributed by atoms with E-state index < -0.39 is 6.16 Å². The first kappa shape index (κ1) is 18.6. The molecule has 134 valence electrons. The molecule has 5 heteroatoms. The van der Waals surface area contributed by atoms with Crippen LogP contribution in [0.2, 0.25) is 0 Å². The van der Waals surface area contributed by atoms with Crippen molar-refractivity contribution in [2.24, 2.45) is 0 Å². The fourth-order valence-corrected chi connectivity index (χ4v) is 2.37. The summed E-state index contributed by atoms with van der Waals surface area (Å²) in [6, 6.07) is 16.9. The molecule has 0 amide bonds. The van der Waals surface area contributed by atoms with Gasteiger partial charge in [0.2, 0.25) is 0 Å². The molecule has 0 spiro atoms. The highest BCUT2D eigenvalue weighted by molar-refractivity contribution is 5.63. The quantitative estimate of drug-likeness (QED) is 0.495. The molecule has 0 saturated carbocycles. The van der Waals surface area contributed by atoms with Gasteiger partial charge in [0.15, 0.2) is 0 Å². The first-order valence-corrected chi connectivity index (χ1v) is 8.51. The van der Waals surface area contributed by atoms with Crippen LogP contribution >= 0.6 is 0 Å². The molecule has 0 aliphatic carbocycles. The fraction of sp³-hybridized carbons (Fsp3) is 0.350. The third-order valence-electron chi connectivity index (χ3n) is 3.74. The summed E-state index contributed by atoms with van der Waals surface area (Å²) in [7, 11) is 1.58. The molecule has 0 atom stereocenters. The van der Waals surface area contributed by atoms with Crippen LogP contribution in [-0.2, 0) is 4.74 Å². The Morgan fingerprint density at radius 2 is 1.64 bits per heavy atom. The van der Waals surface area contributed by atoms with Gasteiger partial charge < -0.3 is 19.1 Å². The van der Waals surface area contributed by atoms with Gasteiger partial charge in [-0.05, 0) is 42.8 Å². The molecule has 0 aliphatic rings. The molecule has 0 radical (unpaired) electrons. The number of benzene rings is 2. The number of unbranched alkanes of at least 4 members (excludes halogenated alkanes) is 1. The zero-order valence-corrected chi connectivity index (χ0v) is 14.8. The highest BCUT2D eigenvalue weighted by Crippen LogP contribution is 2.17. The maximum Gasteiger partial charge on any atom is 0.513 e. The smallest absolute Gasteiger partial charge is 0.497 e. The first-order valence-electron chi connectivity index (χ1n) is 8.51. The van der Waals surface area contributed by atoms with Gasteiger partial charge in [0.1, 0.15) is 18.1 Å². The molecule has 0 fully saturated rings. The normalized spacial score (nSPS) is 10.2. The monoisotopic (exact) mass is 343 g/mol. The van der Waals surface area contributed by atoms with Crippen LogP contribution in [0.5, 0.6) is 11.5 Å². The van der Waals surface area contributed by atoms with E-state index in [2.05, 4.69) is 24.0 Å². The van der Waals surface area contributed by atoms with E-state index in [1.807, 2.05) is 18.2 Å². The number of nitrogens with zero attached hydrogens (tertiary/aromatic N) is 1. The molecule has 0 unspecified atom stereocenters. The van der Waals surface area contributed by atoms with Gasteiger partial charge in [-0.3, -0.25) is 0 Å². The number of rotatable bonds is 9. The van der Waals surface area contributed by atoms with Gasteiger partial charge in [-0.15, -0.1) is 0 Å². The Morgan fingerprint density at radius 1 is 0.960 bits per heavy atom. The number of methoxy groups -OCH3 is 1. The second kappa shape index (κ2) is 10.2. The number of anilines is 1. The predicted octanol–water partition coefficient (Wildman–Crippen LogP) is 4.52. The average Bonchev–Trinajstić information content (AvgIpc) is 2.66. The van der Waals surface area contributed by atoms with Gasteiger partial charge in [0, 0.05) is 12.2 Å². The van der Waals surface area contributed by atoms with Crippen molar-refractivity contribution in [3.63, 3.8) is 0 Å². The van der Waals surface area contributed by atoms with Gasteiger partial charge in [-0.25, -0.2) is 4.79 Å². The van der Waals surface area contributed by atoms with Crippen LogP contribution in [0.25, 0.3) is 0 Å². The lowest BCUT2D eigenvalue weighted by Gasteiger charge is -2.24. The molecule has 0 bridgehead atoms. The van der Waals surface area contributed by atoms with E-state index >= 15 is 0 Å². The van der Waals surface area contributed by atoms with E-state index in [4.69, 9.17) is 14.2 Å². The zero-order valence-electron chi connectivity index (χ0n) is 14.8. The Morgan fingerprint density at radius 3 is 2.28 bits per heavy atom. The highest BCUT2D eigenvalue weighted by Gasteiger charge is 2.09. The number of carbonyl (C=O) groups excluding carboxylic acids is 1. The van der Waals surface area contributed by atoms with Crippen molar-refractivity contribution >= 4 is 11.8 Å². The Kier molecular flexibility index (Phi) is 7.63. The van der Waals surface area contributed by atoms with Crippen LogP contribution in [-0.4, -0.2) is 33.0 Å².